The number of carbonyl (C=O) groups is 2. The second-order valence-corrected chi connectivity index (χ2v) is 6.67. The van der Waals surface area contributed by atoms with Gasteiger partial charge in [0.15, 0.2) is 0 Å². The van der Waals surface area contributed by atoms with E-state index in [2.05, 4.69) is 22.8 Å². The molecule has 0 saturated carbocycles. The molecule has 0 aromatic carbocycles. The fourth-order valence-electron chi connectivity index (χ4n) is 3.36. The predicted octanol–water partition coefficient (Wildman–Crippen LogP) is 1.82. The van der Waals surface area contributed by atoms with Crippen LogP contribution in [0.4, 0.5) is 5.82 Å². The smallest absolute Gasteiger partial charge is 0.325 e. The molecule has 1 aliphatic carbocycles. The number of fused-ring (bicyclic) bond motifs is 1. The van der Waals surface area contributed by atoms with Gasteiger partial charge in [-0.3, -0.25) is 14.0 Å². The van der Waals surface area contributed by atoms with Gasteiger partial charge in [0, 0.05) is 30.8 Å². The first kappa shape index (κ1) is 19.9. The highest BCUT2D eigenvalue weighted by molar-refractivity contribution is 5.95. The molecule has 0 spiro atoms. The topological polar surface area (TPSA) is 111 Å². The number of hydrogen-bond acceptors (Lipinski definition) is 6. The molecule has 0 saturated heterocycles. The number of nitrogens with two attached hydrogens (primary N) is 1. The maximum absolute atomic E-state index is 12.2. The molecule has 28 heavy (non-hydrogen) atoms. The number of nitrogens with zero attached hydrogens (tertiary/aromatic N) is 2. The van der Waals surface area contributed by atoms with Gasteiger partial charge in [-0.05, 0) is 38.3 Å². The zero-order chi connectivity index (χ0) is 19.9. The number of pyridine rings is 1. The lowest BCUT2D eigenvalue weighted by molar-refractivity contribution is -0.140. The number of carbonyl (C=O) groups excluding carboxylic acids is 2. The van der Waals surface area contributed by atoms with Crippen molar-refractivity contribution in [3.05, 3.63) is 41.7 Å². The summed E-state index contributed by atoms with van der Waals surface area (Å²) in [7, 11) is 0. The molecule has 2 aromatic heterocycles. The van der Waals surface area contributed by atoms with Crippen LogP contribution >= 0.6 is 0 Å². The molecule has 0 fully saturated rings. The Balaban J connectivity index is 1.93. The lowest BCUT2D eigenvalue weighted by atomic mass is 9.91. The van der Waals surface area contributed by atoms with Crippen LogP contribution in [0, 0.1) is 0 Å². The Morgan fingerprint density at radius 1 is 1.39 bits per heavy atom. The minimum Gasteiger partial charge on any atom is -0.465 e. The fraction of sp³-hybridized carbons (Fsp3) is 0.450. The van der Waals surface area contributed by atoms with Crippen LogP contribution in [0.5, 0.6) is 0 Å². The number of allylic oxidation sites excluding steroid dienone is 2. The van der Waals surface area contributed by atoms with Crippen molar-refractivity contribution < 1.29 is 14.3 Å². The number of rotatable bonds is 8. The lowest BCUT2D eigenvalue weighted by Gasteiger charge is -2.17. The molecule has 4 N–H and O–H groups in total. The molecule has 1 amide bonds. The summed E-state index contributed by atoms with van der Waals surface area (Å²) >= 11 is 0. The highest BCUT2D eigenvalue weighted by Gasteiger charge is 2.23. The van der Waals surface area contributed by atoms with E-state index in [0.29, 0.717) is 30.9 Å². The quantitative estimate of drug-likeness (QED) is 0.472. The molecule has 0 aliphatic heterocycles. The zero-order valence-electron chi connectivity index (χ0n) is 16.1. The predicted molar refractivity (Wildman–Crippen MR) is 107 cm³/mol. The summed E-state index contributed by atoms with van der Waals surface area (Å²) in [6, 6.07) is 3.49. The van der Waals surface area contributed by atoms with Crippen LogP contribution in [0.25, 0.3) is 5.65 Å². The summed E-state index contributed by atoms with van der Waals surface area (Å²) in [6.45, 7) is 3.00. The second-order valence-electron chi connectivity index (χ2n) is 6.67. The summed E-state index contributed by atoms with van der Waals surface area (Å²) in [5.74, 6) is 0.547. The molecule has 1 unspecified atom stereocenters. The minimum absolute atomic E-state index is 0.0654. The van der Waals surface area contributed by atoms with Crippen LogP contribution < -0.4 is 16.4 Å². The van der Waals surface area contributed by atoms with Gasteiger partial charge in [-0.25, -0.2) is 4.98 Å². The van der Waals surface area contributed by atoms with Gasteiger partial charge >= 0.3 is 5.97 Å². The fourth-order valence-corrected chi connectivity index (χ4v) is 3.36. The van der Waals surface area contributed by atoms with Crippen molar-refractivity contribution in [1.29, 1.82) is 0 Å². The van der Waals surface area contributed by atoms with Crippen molar-refractivity contribution in [2.24, 2.45) is 5.73 Å². The Morgan fingerprint density at radius 2 is 2.25 bits per heavy atom. The van der Waals surface area contributed by atoms with Gasteiger partial charge in [-0.15, -0.1) is 0 Å². The number of esters is 1. The summed E-state index contributed by atoms with van der Waals surface area (Å²) in [5, 5.41) is 5.95. The number of nitrogens with one attached hydrogen (secondary N) is 2. The maximum Gasteiger partial charge on any atom is 0.325 e. The third-order valence-electron chi connectivity index (χ3n) is 4.71. The molecule has 2 heterocycles. The highest BCUT2D eigenvalue weighted by Crippen LogP contribution is 2.34. The monoisotopic (exact) mass is 385 g/mol. The van der Waals surface area contributed by atoms with E-state index in [1.807, 2.05) is 4.40 Å². The molecule has 1 atom stereocenters. The molecule has 0 radical (unpaired) electrons. The maximum atomic E-state index is 12.2. The average molecular weight is 385 g/mol. The minimum atomic E-state index is -0.315. The van der Waals surface area contributed by atoms with Crippen molar-refractivity contribution >= 4 is 23.3 Å². The van der Waals surface area contributed by atoms with Crippen molar-refractivity contribution in [2.75, 3.05) is 31.6 Å². The molecular weight excluding hydrogens is 358 g/mol. The van der Waals surface area contributed by atoms with Gasteiger partial charge in [-0.2, -0.15) is 0 Å². The van der Waals surface area contributed by atoms with Gasteiger partial charge in [0.1, 0.15) is 18.0 Å². The molecule has 1 aliphatic rings. The van der Waals surface area contributed by atoms with E-state index >= 15 is 0 Å². The van der Waals surface area contributed by atoms with Gasteiger partial charge in [0.2, 0.25) is 0 Å². The van der Waals surface area contributed by atoms with Gasteiger partial charge < -0.3 is 21.1 Å². The van der Waals surface area contributed by atoms with Crippen LogP contribution in [0.1, 0.15) is 48.2 Å². The van der Waals surface area contributed by atoms with E-state index in [4.69, 9.17) is 15.5 Å². The Kier molecular flexibility index (Phi) is 6.65. The number of hydrogen-bond donors (Lipinski definition) is 3. The summed E-state index contributed by atoms with van der Waals surface area (Å²) < 4.78 is 6.90. The number of anilines is 1. The molecule has 3 rings (SSSR count). The average Bonchev–Trinajstić information content (AvgIpc) is 3.09. The van der Waals surface area contributed by atoms with Crippen LogP contribution in [-0.2, 0) is 9.53 Å². The molecule has 150 valence electrons. The zero-order valence-corrected chi connectivity index (χ0v) is 16.1. The van der Waals surface area contributed by atoms with Crippen LogP contribution in [-0.4, -0.2) is 47.5 Å². The number of imidazole rings is 1. The molecule has 2 aromatic rings. The van der Waals surface area contributed by atoms with Gasteiger partial charge in [-0.1, -0.05) is 12.2 Å². The molecule has 8 heteroatoms. The van der Waals surface area contributed by atoms with E-state index in [0.717, 1.165) is 30.8 Å². The molecular formula is C20H27N5O3. The van der Waals surface area contributed by atoms with Crippen LogP contribution in [0.15, 0.2) is 30.5 Å². The van der Waals surface area contributed by atoms with Crippen molar-refractivity contribution in [3.8, 4) is 0 Å². The van der Waals surface area contributed by atoms with Crippen molar-refractivity contribution in [1.82, 2.24) is 14.7 Å². The van der Waals surface area contributed by atoms with E-state index in [1.54, 1.807) is 25.3 Å². The van der Waals surface area contributed by atoms with E-state index < -0.39 is 0 Å². The third-order valence-corrected chi connectivity index (χ3v) is 4.71. The van der Waals surface area contributed by atoms with E-state index in [1.165, 1.54) is 0 Å². The van der Waals surface area contributed by atoms with Gasteiger partial charge in [0.25, 0.3) is 5.91 Å². The van der Waals surface area contributed by atoms with Crippen molar-refractivity contribution in [3.63, 3.8) is 0 Å². The number of ether oxygens (including phenoxy) is 1. The first-order chi connectivity index (χ1) is 13.6. The number of aromatic nitrogens is 2. The summed E-state index contributed by atoms with van der Waals surface area (Å²) in [4.78, 5) is 28.8. The first-order valence-corrected chi connectivity index (χ1v) is 9.68. The largest absolute Gasteiger partial charge is 0.465 e. The van der Waals surface area contributed by atoms with Crippen LogP contribution in [0.3, 0.4) is 0 Å². The third kappa shape index (κ3) is 4.51. The second kappa shape index (κ2) is 9.36. The Hall–Kier alpha value is -2.87. The van der Waals surface area contributed by atoms with E-state index in [-0.39, 0.29) is 24.3 Å². The molecule has 8 nitrogen and oxygen atoms in total. The first-order valence-electron chi connectivity index (χ1n) is 9.68. The van der Waals surface area contributed by atoms with E-state index in [9.17, 15) is 9.59 Å². The Labute approximate surface area is 164 Å². The number of amides is 1. The standard InChI is InChI=1S/C20H27N5O3/c1-2-28-17(26)13-23-19-18(14-6-4-3-5-7-14)24-16-12-15(8-11-25(16)19)20(27)22-10-9-21/h3-4,8,11-12,14,23H,2,5-7,9-10,13,21H2,1H3,(H,22,27). The SMILES string of the molecule is CCOC(=O)CNc1c(C2CC=CCC2)nc2cc(C(=O)NCCN)ccn12. The van der Waals surface area contributed by atoms with Crippen molar-refractivity contribution in [2.45, 2.75) is 32.1 Å². The highest BCUT2D eigenvalue weighted by atomic mass is 16.5. The van der Waals surface area contributed by atoms with Gasteiger partial charge in [0.05, 0.1) is 12.3 Å². The molecule has 0 bridgehead atoms. The summed E-state index contributed by atoms with van der Waals surface area (Å²) in [6.07, 6.45) is 9.05. The van der Waals surface area contributed by atoms with Crippen LogP contribution in [0.2, 0.25) is 0 Å². The summed E-state index contributed by atoms with van der Waals surface area (Å²) in [5.41, 5.74) is 7.55. The Bertz CT molecular complexity index is 874. The normalized spacial score (nSPS) is 16.1. The lowest BCUT2D eigenvalue weighted by Crippen LogP contribution is -2.29. The Morgan fingerprint density at radius 3 is 2.96 bits per heavy atom.